The third kappa shape index (κ3) is 4.08. The van der Waals surface area contributed by atoms with E-state index in [9.17, 15) is 9.18 Å². The number of halogens is 2. The molecule has 0 aliphatic carbocycles. The molecule has 1 aromatic rings. The topological polar surface area (TPSA) is 46.5 Å². The van der Waals surface area contributed by atoms with Gasteiger partial charge in [-0.25, -0.2) is 4.39 Å². The number of methoxy groups -OCH3 is 1. The van der Waals surface area contributed by atoms with E-state index >= 15 is 0 Å². The summed E-state index contributed by atoms with van der Waals surface area (Å²) in [5, 5.41) is 9.15. The molecule has 0 amide bonds. The van der Waals surface area contributed by atoms with Crippen LogP contribution in [0.5, 0.6) is 11.5 Å². The lowest BCUT2D eigenvalue weighted by Gasteiger charge is -2.06. The molecule has 0 saturated heterocycles. The minimum atomic E-state index is -0.901. The monoisotopic (exact) mass is 302 g/mol. The first-order valence-corrected chi connectivity index (χ1v) is 5.36. The van der Waals surface area contributed by atoms with Crippen molar-refractivity contribution in [3.8, 4) is 23.3 Å². The normalized spacial score (nSPS) is 8.29. The first-order chi connectivity index (χ1) is 8.03. The average Bonchev–Trinajstić information content (AvgIpc) is 2.37. The van der Waals surface area contributed by atoms with Crippen LogP contribution in [0.15, 0.2) is 10.5 Å². The zero-order chi connectivity index (χ0) is 13.4. The zero-order valence-electron chi connectivity index (χ0n) is 9.67. The number of carbonyl (C=O) groups is 1. The van der Waals surface area contributed by atoms with Gasteiger partial charge in [-0.2, -0.15) is 0 Å². The second-order valence-electron chi connectivity index (χ2n) is 2.76. The maximum Gasteiger partial charge on any atom is 0.195 e. The summed E-state index contributed by atoms with van der Waals surface area (Å²) in [4.78, 5) is 10.4. The largest absolute Gasteiger partial charge is 0.502 e. The lowest BCUT2D eigenvalue weighted by molar-refractivity contribution is 0.112. The summed E-state index contributed by atoms with van der Waals surface area (Å²) in [6.45, 7) is 3.64. The van der Waals surface area contributed by atoms with E-state index in [1.165, 1.54) is 13.2 Å². The van der Waals surface area contributed by atoms with Gasteiger partial charge >= 0.3 is 0 Å². The smallest absolute Gasteiger partial charge is 0.195 e. The van der Waals surface area contributed by atoms with Gasteiger partial charge in [-0.3, -0.25) is 4.79 Å². The van der Waals surface area contributed by atoms with E-state index in [0.717, 1.165) is 0 Å². The van der Waals surface area contributed by atoms with Gasteiger partial charge in [-0.05, 0) is 35.8 Å². The number of aromatic hydroxyl groups is 1. The van der Waals surface area contributed by atoms with Crippen molar-refractivity contribution in [2.24, 2.45) is 0 Å². The first-order valence-electron chi connectivity index (χ1n) is 4.57. The van der Waals surface area contributed by atoms with E-state index < -0.39 is 11.6 Å². The lowest BCUT2D eigenvalue weighted by Crippen LogP contribution is -1.92. The number of phenols is 1. The van der Waals surface area contributed by atoms with E-state index in [4.69, 9.17) is 5.11 Å². The Kier molecular flexibility index (Phi) is 6.99. The second kappa shape index (κ2) is 7.69. The molecule has 0 aliphatic rings. The molecular formula is C12H12BrFO3. The summed E-state index contributed by atoms with van der Waals surface area (Å²) in [5.41, 5.74) is 0.0900. The van der Waals surface area contributed by atoms with Gasteiger partial charge in [0.15, 0.2) is 23.6 Å². The Morgan fingerprint density at radius 3 is 2.35 bits per heavy atom. The fourth-order valence-corrected chi connectivity index (χ4v) is 1.25. The van der Waals surface area contributed by atoms with E-state index in [0.29, 0.717) is 6.29 Å². The lowest BCUT2D eigenvalue weighted by atomic mass is 10.2. The van der Waals surface area contributed by atoms with Crippen molar-refractivity contribution in [1.82, 2.24) is 0 Å². The molecule has 3 nitrogen and oxygen atoms in total. The summed E-state index contributed by atoms with van der Waals surface area (Å²) >= 11 is 2.83. The Balaban J connectivity index is 0.000000557. The standard InChI is InChI=1S/C8H6BrFO3.C4H6/c1-13-5-2-4(3-11)6(9)7(10)8(5)12;1-3-4-2/h2-3,12H,1H3;1-2H3. The van der Waals surface area contributed by atoms with E-state index in [-0.39, 0.29) is 15.8 Å². The van der Waals surface area contributed by atoms with Crippen LogP contribution in [0, 0.1) is 17.7 Å². The van der Waals surface area contributed by atoms with Crippen molar-refractivity contribution in [2.45, 2.75) is 13.8 Å². The molecular weight excluding hydrogens is 291 g/mol. The Bertz CT molecular complexity index is 455. The molecule has 5 heteroatoms. The molecule has 0 bridgehead atoms. The van der Waals surface area contributed by atoms with Crippen molar-refractivity contribution in [1.29, 1.82) is 0 Å². The molecule has 0 heterocycles. The number of aldehydes is 1. The fraction of sp³-hybridized carbons (Fsp3) is 0.250. The minimum absolute atomic E-state index is 0.0669. The number of ether oxygens (including phenoxy) is 1. The van der Waals surface area contributed by atoms with Gasteiger partial charge in [-0.15, -0.1) is 11.8 Å². The Morgan fingerprint density at radius 2 is 2.00 bits per heavy atom. The van der Waals surface area contributed by atoms with E-state index in [2.05, 4.69) is 32.5 Å². The van der Waals surface area contributed by atoms with E-state index in [1.807, 2.05) is 13.8 Å². The minimum Gasteiger partial charge on any atom is -0.502 e. The Labute approximate surface area is 108 Å². The van der Waals surface area contributed by atoms with Crippen LogP contribution >= 0.6 is 15.9 Å². The van der Waals surface area contributed by atoms with Gasteiger partial charge in [-0.1, -0.05) is 0 Å². The number of benzene rings is 1. The number of hydrogen-bond donors (Lipinski definition) is 1. The van der Waals surface area contributed by atoms with Gasteiger partial charge in [0, 0.05) is 5.56 Å². The summed E-state index contributed by atoms with van der Waals surface area (Å²) in [6.07, 6.45) is 0.467. The Hall–Kier alpha value is -1.54. The fourth-order valence-electron chi connectivity index (χ4n) is 0.853. The maximum absolute atomic E-state index is 13.1. The van der Waals surface area contributed by atoms with Crippen LogP contribution in [0.4, 0.5) is 4.39 Å². The van der Waals surface area contributed by atoms with Crippen LogP contribution in [0.3, 0.4) is 0 Å². The highest BCUT2D eigenvalue weighted by Crippen LogP contribution is 2.35. The molecule has 1 rings (SSSR count). The molecule has 92 valence electrons. The average molecular weight is 303 g/mol. The molecule has 0 spiro atoms. The molecule has 0 unspecified atom stereocenters. The molecule has 0 radical (unpaired) electrons. The van der Waals surface area contributed by atoms with Crippen LogP contribution in [0.25, 0.3) is 0 Å². The van der Waals surface area contributed by atoms with Crippen LogP contribution in [0.2, 0.25) is 0 Å². The van der Waals surface area contributed by atoms with Crippen molar-refractivity contribution >= 4 is 22.2 Å². The van der Waals surface area contributed by atoms with Gasteiger partial charge in [0.05, 0.1) is 11.6 Å². The highest BCUT2D eigenvalue weighted by Gasteiger charge is 2.15. The van der Waals surface area contributed by atoms with E-state index in [1.54, 1.807) is 0 Å². The van der Waals surface area contributed by atoms with Crippen LogP contribution in [0.1, 0.15) is 24.2 Å². The molecule has 0 aliphatic heterocycles. The summed E-state index contributed by atoms with van der Waals surface area (Å²) < 4.78 is 17.7. The highest BCUT2D eigenvalue weighted by molar-refractivity contribution is 9.10. The first kappa shape index (κ1) is 15.5. The van der Waals surface area contributed by atoms with Crippen molar-refractivity contribution in [2.75, 3.05) is 7.11 Å². The second-order valence-corrected chi connectivity index (χ2v) is 3.56. The third-order valence-corrected chi connectivity index (χ3v) is 2.58. The predicted octanol–water partition coefficient (Wildman–Crippen LogP) is 3.14. The van der Waals surface area contributed by atoms with Crippen molar-refractivity contribution in [3.63, 3.8) is 0 Å². The predicted molar refractivity (Wildman–Crippen MR) is 66.8 cm³/mol. The summed E-state index contributed by atoms with van der Waals surface area (Å²) in [7, 11) is 1.27. The number of hydrogen-bond acceptors (Lipinski definition) is 3. The van der Waals surface area contributed by atoms with Gasteiger partial charge in [0.1, 0.15) is 0 Å². The van der Waals surface area contributed by atoms with Crippen molar-refractivity contribution < 1.29 is 19.0 Å². The highest BCUT2D eigenvalue weighted by atomic mass is 79.9. The molecule has 1 N–H and O–H groups in total. The number of carbonyl (C=O) groups excluding carboxylic acids is 1. The van der Waals surface area contributed by atoms with Gasteiger partial charge in [0.2, 0.25) is 0 Å². The third-order valence-electron chi connectivity index (χ3n) is 1.77. The molecule has 0 atom stereocenters. The molecule has 17 heavy (non-hydrogen) atoms. The zero-order valence-corrected chi connectivity index (χ0v) is 11.3. The molecule has 1 aromatic carbocycles. The molecule has 0 fully saturated rings. The molecule has 0 saturated carbocycles. The quantitative estimate of drug-likeness (QED) is 0.674. The maximum atomic E-state index is 13.1. The summed E-state index contributed by atoms with van der Waals surface area (Å²) in [5.74, 6) is 3.78. The van der Waals surface area contributed by atoms with Crippen LogP contribution < -0.4 is 4.74 Å². The van der Waals surface area contributed by atoms with Crippen LogP contribution in [-0.4, -0.2) is 18.5 Å². The number of phenolic OH excluding ortho intramolecular Hbond substituents is 1. The number of rotatable bonds is 2. The van der Waals surface area contributed by atoms with Gasteiger partial charge < -0.3 is 9.84 Å². The van der Waals surface area contributed by atoms with Gasteiger partial charge in [0.25, 0.3) is 0 Å². The van der Waals surface area contributed by atoms with Crippen LogP contribution in [-0.2, 0) is 0 Å². The van der Waals surface area contributed by atoms with Crippen molar-refractivity contribution in [3.05, 3.63) is 21.9 Å². The molecule has 0 aromatic heterocycles. The Morgan fingerprint density at radius 1 is 1.47 bits per heavy atom. The summed E-state index contributed by atoms with van der Waals surface area (Å²) in [6, 6.07) is 1.25. The SMILES string of the molecule is CC#CC.COc1cc(C=O)c(Br)c(F)c1O.